The zero-order valence-corrected chi connectivity index (χ0v) is 14.2. The van der Waals surface area contributed by atoms with Gasteiger partial charge in [0.25, 0.3) is 6.47 Å². The Morgan fingerprint density at radius 3 is 2.47 bits per heavy atom. The third kappa shape index (κ3) is 4.44. The van der Waals surface area contributed by atoms with E-state index < -0.39 is 11.9 Å². The monoisotopic (exact) mass is 470 g/mol. The number of rotatable bonds is 6. The van der Waals surface area contributed by atoms with Crippen LogP contribution in [0.4, 0.5) is 0 Å². The van der Waals surface area contributed by atoms with Gasteiger partial charge < -0.3 is 18.9 Å². The Bertz CT molecular complexity index is 259. The quantitative estimate of drug-likeness (QED) is 0.338. The Morgan fingerprint density at radius 2 is 2.12 bits per heavy atom. The van der Waals surface area contributed by atoms with E-state index >= 15 is 0 Å². The molecule has 0 amide bonds. The van der Waals surface area contributed by atoms with Gasteiger partial charge >= 0.3 is 0 Å². The number of carbonyl (C=O) groups is 1. The second kappa shape index (κ2) is 6.83. The summed E-state index contributed by atoms with van der Waals surface area (Å²) in [6.45, 7) is 4.49. The van der Waals surface area contributed by atoms with E-state index in [0.717, 1.165) is 0 Å². The van der Waals surface area contributed by atoms with E-state index in [4.69, 9.17) is 18.9 Å². The van der Waals surface area contributed by atoms with Crippen LogP contribution in [0.5, 0.6) is 0 Å². The normalized spacial score (nSPS) is 26.8. The first-order chi connectivity index (χ1) is 7.91. The lowest BCUT2D eigenvalue weighted by Crippen LogP contribution is -2.45. The van der Waals surface area contributed by atoms with Crippen LogP contribution in [-0.4, -0.2) is 46.2 Å². The van der Waals surface area contributed by atoms with E-state index in [1.54, 1.807) is 7.11 Å². The summed E-state index contributed by atoms with van der Waals surface area (Å²) in [6.07, 6.45) is -0.992. The number of hydrogen-bond acceptors (Lipinski definition) is 5. The molecule has 1 heterocycles. The molecule has 5 nitrogen and oxygen atoms in total. The zero-order chi connectivity index (χ0) is 13.1. The lowest BCUT2D eigenvalue weighted by Gasteiger charge is -2.29. The van der Waals surface area contributed by atoms with Gasteiger partial charge in [0, 0.05) is 7.11 Å². The highest BCUT2D eigenvalue weighted by Crippen LogP contribution is 2.30. The van der Waals surface area contributed by atoms with Crippen LogP contribution in [0.2, 0.25) is 0 Å². The van der Waals surface area contributed by atoms with Gasteiger partial charge in [0.15, 0.2) is 11.9 Å². The molecule has 1 rings (SSSR count). The topological polar surface area (TPSA) is 54.0 Å². The molecule has 1 aliphatic rings. The summed E-state index contributed by atoms with van der Waals surface area (Å²) in [6, 6.07) is 0. The highest BCUT2D eigenvalue weighted by molar-refractivity contribution is 14.2. The van der Waals surface area contributed by atoms with Crippen molar-refractivity contribution in [3.05, 3.63) is 0 Å². The van der Waals surface area contributed by atoms with Gasteiger partial charge in [-0.2, -0.15) is 0 Å². The maximum absolute atomic E-state index is 10.6. The van der Waals surface area contributed by atoms with Gasteiger partial charge in [-0.05, 0) is 13.8 Å². The van der Waals surface area contributed by atoms with E-state index in [0.29, 0.717) is 13.1 Å². The largest absolute Gasteiger partial charge is 0.459 e. The molecule has 0 unspecified atom stereocenters. The van der Waals surface area contributed by atoms with Crippen LogP contribution >= 0.6 is 45.2 Å². The molecule has 1 fully saturated rings. The fourth-order valence-electron chi connectivity index (χ4n) is 1.70. The van der Waals surface area contributed by atoms with Gasteiger partial charge in [-0.3, -0.25) is 4.79 Å². The van der Waals surface area contributed by atoms with Crippen molar-refractivity contribution < 1.29 is 23.7 Å². The number of carbonyl (C=O) groups excluding carboxylic acids is 1. The van der Waals surface area contributed by atoms with Gasteiger partial charge in [-0.25, -0.2) is 0 Å². The minimum absolute atomic E-state index is 0.160. The van der Waals surface area contributed by atoms with Crippen molar-refractivity contribution >= 4 is 51.7 Å². The van der Waals surface area contributed by atoms with Crippen LogP contribution in [-0.2, 0) is 23.7 Å². The highest BCUT2D eigenvalue weighted by atomic mass is 127. The number of hydrogen-bond donors (Lipinski definition) is 0. The SMILES string of the molecule is CO[C@H](C(I)I)[C@@H](OC=O)[C@H]1COC(C)(C)O1. The Balaban J connectivity index is 2.75. The van der Waals surface area contributed by atoms with Crippen molar-refractivity contribution in [2.45, 2.75) is 39.9 Å². The summed E-state index contributed by atoms with van der Waals surface area (Å²) >= 11 is 4.45. The van der Waals surface area contributed by atoms with Crippen LogP contribution in [0.3, 0.4) is 0 Å². The third-order valence-corrected chi connectivity index (χ3v) is 3.87. The number of alkyl halides is 2. The van der Waals surface area contributed by atoms with E-state index in [1.807, 2.05) is 13.8 Å². The highest BCUT2D eigenvalue weighted by Gasteiger charge is 2.43. The molecule has 1 aliphatic heterocycles. The van der Waals surface area contributed by atoms with Gasteiger partial charge in [-0.15, -0.1) is 0 Å². The van der Waals surface area contributed by atoms with Gasteiger partial charge in [-0.1, -0.05) is 45.2 Å². The molecule has 0 spiro atoms. The number of methoxy groups -OCH3 is 1. The summed E-state index contributed by atoms with van der Waals surface area (Å²) in [4.78, 5) is 10.6. The van der Waals surface area contributed by atoms with E-state index in [-0.39, 0.29) is 14.1 Å². The van der Waals surface area contributed by atoms with E-state index in [9.17, 15) is 4.79 Å². The fourth-order valence-corrected chi connectivity index (χ4v) is 3.10. The average Bonchev–Trinajstić information content (AvgIpc) is 2.58. The molecule has 1 saturated heterocycles. The average molecular weight is 470 g/mol. The Hall–Kier alpha value is 0.810. The van der Waals surface area contributed by atoms with Gasteiger partial charge in [0.2, 0.25) is 0 Å². The molecule has 0 aromatic carbocycles. The zero-order valence-electron chi connectivity index (χ0n) is 9.89. The summed E-state index contributed by atoms with van der Waals surface area (Å²) in [5.74, 6) is -0.639. The van der Waals surface area contributed by atoms with Crippen molar-refractivity contribution in [1.82, 2.24) is 0 Å². The lowest BCUT2D eigenvalue weighted by atomic mass is 10.1. The second-order valence-electron chi connectivity index (χ2n) is 4.10. The van der Waals surface area contributed by atoms with Crippen LogP contribution in [0.25, 0.3) is 0 Å². The molecule has 7 heteroatoms. The van der Waals surface area contributed by atoms with Crippen LogP contribution < -0.4 is 0 Å². The van der Waals surface area contributed by atoms with Crippen LogP contribution in [0.15, 0.2) is 0 Å². The predicted molar refractivity (Wildman–Crippen MR) is 78.5 cm³/mol. The molecule has 0 aliphatic carbocycles. The first-order valence-electron chi connectivity index (χ1n) is 5.13. The van der Waals surface area contributed by atoms with Crippen molar-refractivity contribution in [3.63, 3.8) is 0 Å². The van der Waals surface area contributed by atoms with Crippen LogP contribution in [0, 0.1) is 0 Å². The van der Waals surface area contributed by atoms with Crippen molar-refractivity contribution in [2.75, 3.05) is 13.7 Å². The van der Waals surface area contributed by atoms with Gasteiger partial charge in [0.1, 0.15) is 12.2 Å². The fraction of sp³-hybridized carbons (Fsp3) is 0.900. The summed E-state index contributed by atoms with van der Waals surface area (Å²) in [5.41, 5.74) is 0. The number of halogens is 2. The minimum Gasteiger partial charge on any atom is -0.459 e. The van der Waals surface area contributed by atoms with Crippen LogP contribution in [0.1, 0.15) is 13.8 Å². The maximum Gasteiger partial charge on any atom is 0.293 e. The van der Waals surface area contributed by atoms with E-state index in [2.05, 4.69) is 45.2 Å². The Morgan fingerprint density at radius 1 is 1.47 bits per heavy atom. The second-order valence-corrected chi connectivity index (χ2v) is 9.17. The number of ether oxygens (including phenoxy) is 4. The Kier molecular flexibility index (Phi) is 6.37. The molecule has 0 saturated carbocycles. The molecule has 17 heavy (non-hydrogen) atoms. The standard InChI is InChI=1S/C10H16I2O5/c1-10(2)16-4-6(17-10)7(15-5-13)8(14-3)9(11)12/h5-9H,4H2,1-3H3/t6-,7+,8+/m1/s1. The summed E-state index contributed by atoms with van der Waals surface area (Å²) < 4.78 is 21.8. The molecule has 0 radical (unpaired) electrons. The lowest BCUT2D eigenvalue weighted by molar-refractivity contribution is -0.174. The van der Waals surface area contributed by atoms with Crippen molar-refractivity contribution in [2.24, 2.45) is 0 Å². The first-order valence-corrected chi connectivity index (χ1v) is 7.62. The first kappa shape index (κ1) is 15.9. The molecule has 0 aromatic heterocycles. The minimum atomic E-state index is -0.639. The van der Waals surface area contributed by atoms with Gasteiger partial charge in [0.05, 0.1) is 8.54 Å². The van der Waals surface area contributed by atoms with Crippen molar-refractivity contribution in [3.8, 4) is 0 Å². The van der Waals surface area contributed by atoms with E-state index in [1.165, 1.54) is 0 Å². The third-order valence-electron chi connectivity index (χ3n) is 2.45. The Labute approximate surface area is 128 Å². The maximum atomic E-state index is 10.6. The molecule has 100 valence electrons. The molecule has 0 N–H and O–H groups in total. The molecule has 3 atom stereocenters. The smallest absolute Gasteiger partial charge is 0.293 e. The molecular weight excluding hydrogens is 454 g/mol. The predicted octanol–water partition coefficient (Wildman–Crippen LogP) is 1.89. The molecular formula is C10H16I2O5. The molecule has 0 aromatic rings. The summed E-state index contributed by atoms with van der Waals surface area (Å²) in [7, 11) is 1.59. The van der Waals surface area contributed by atoms with Crippen molar-refractivity contribution in [1.29, 1.82) is 0 Å². The molecule has 0 bridgehead atoms. The summed E-state index contributed by atoms with van der Waals surface area (Å²) in [5, 5.41) is 0.